The molecule has 0 spiro atoms. The van der Waals surface area contributed by atoms with Crippen LogP contribution in [0.15, 0.2) is 18.2 Å². The molecule has 3 aliphatic rings. The molecule has 1 aromatic rings. The zero-order valence-electron chi connectivity index (χ0n) is 17.0. The summed E-state index contributed by atoms with van der Waals surface area (Å²) in [5.74, 6) is -1.71. The van der Waals surface area contributed by atoms with Gasteiger partial charge in [0.25, 0.3) is 11.8 Å². The van der Waals surface area contributed by atoms with Crippen LogP contribution >= 0.6 is 0 Å². The maximum absolute atomic E-state index is 12.8. The fourth-order valence-corrected chi connectivity index (χ4v) is 4.21. The largest absolute Gasteiger partial charge is 0.383 e. The molecule has 3 aliphatic heterocycles. The average Bonchev–Trinajstić information content (AvgIpc) is 3.33. The first-order valence-corrected chi connectivity index (χ1v) is 10.5. The highest BCUT2D eigenvalue weighted by Crippen LogP contribution is 2.29. The highest BCUT2D eigenvalue weighted by atomic mass is 16.2. The first-order valence-electron chi connectivity index (χ1n) is 10.5. The second-order valence-electron chi connectivity index (χ2n) is 8.05. The quantitative estimate of drug-likeness (QED) is 0.344. The van der Waals surface area contributed by atoms with Gasteiger partial charge in [0, 0.05) is 31.6 Å². The van der Waals surface area contributed by atoms with E-state index >= 15 is 0 Å². The van der Waals surface area contributed by atoms with E-state index in [0.717, 1.165) is 24.4 Å². The molecule has 0 saturated carbocycles. The predicted molar refractivity (Wildman–Crippen MR) is 110 cm³/mol. The van der Waals surface area contributed by atoms with Gasteiger partial charge in [-0.05, 0) is 50.0 Å². The minimum atomic E-state index is -0.980. The zero-order valence-corrected chi connectivity index (χ0v) is 17.0. The third-order valence-electron chi connectivity index (χ3n) is 5.85. The van der Waals surface area contributed by atoms with E-state index in [9.17, 15) is 24.0 Å². The summed E-state index contributed by atoms with van der Waals surface area (Å²) < 4.78 is 0. The van der Waals surface area contributed by atoms with Gasteiger partial charge in [0.1, 0.15) is 6.04 Å². The fraction of sp³-hybridized carbons (Fsp3) is 0.476. The summed E-state index contributed by atoms with van der Waals surface area (Å²) in [6, 6.07) is 3.83. The van der Waals surface area contributed by atoms with Gasteiger partial charge in [0.05, 0.1) is 11.1 Å². The molecular formula is C21H25N5O5. The third kappa shape index (κ3) is 4.43. The van der Waals surface area contributed by atoms with Crippen molar-refractivity contribution in [1.82, 2.24) is 20.9 Å². The lowest BCUT2D eigenvalue weighted by Crippen LogP contribution is -2.54. The SMILES string of the molecule is O=C(C[C@@H]1CCNC1)NCCNc1ccc2c(c1)C(=O)N(C1CCC(=O)NC1=O)C2=O. The van der Waals surface area contributed by atoms with E-state index in [1.165, 1.54) is 0 Å². The third-order valence-corrected chi connectivity index (χ3v) is 5.85. The van der Waals surface area contributed by atoms with Crippen LogP contribution in [0.5, 0.6) is 0 Å². The van der Waals surface area contributed by atoms with Gasteiger partial charge in [-0.25, -0.2) is 0 Å². The number of hydrogen-bond donors (Lipinski definition) is 4. The number of carbonyl (C=O) groups is 5. The van der Waals surface area contributed by atoms with Crippen molar-refractivity contribution in [2.24, 2.45) is 5.92 Å². The van der Waals surface area contributed by atoms with Gasteiger partial charge in [0.15, 0.2) is 0 Å². The highest BCUT2D eigenvalue weighted by molar-refractivity contribution is 6.23. The Labute approximate surface area is 179 Å². The predicted octanol–water partition coefficient (Wildman–Crippen LogP) is -0.384. The number of fused-ring (bicyclic) bond motifs is 1. The Kier molecular flexibility index (Phi) is 5.99. The number of carbonyl (C=O) groups excluding carboxylic acids is 5. The van der Waals surface area contributed by atoms with Gasteiger partial charge in [0.2, 0.25) is 17.7 Å². The molecule has 2 saturated heterocycles. The lowest BCUT2D eigenvalue weighted by atomic mass is 10.0. The summed E-state index contributed by atoms with van der Waals surface area (Å²) in [7, 11) is 0. The Morgan fingerprint density at radius 1 is 1.06 bits per heavy atom. The van der Waals surface area contributed by atoms with Crippen LogP contribution in [0, 0.1) is 5.92 Å². The minimum Gasteiger partial charge on any atom is -0.383 e. The van der Waals surface area contributed by atoms with Gasteiger partial charge in [-0.15, -0.1) is 0 Å². The Morgan fingerprint density at radius 3 is 2.61 bits per heavy atom. The van der Waals surface area contributed by atoms with E-state index in [-0.39, 0.29) is 29.9 Å². The Hall–Kier alpha value is -3.27. The Balaban J connectivity index is 1.32. The Bertz CT molecular complexity index is 940. The molecule has 10 nitrogen and oxygen atoms in total. The van der Waals surface area contributed by atoms with Crippen LogP contribution in [0.1, 0.15) is 46.4 Å². The van der Waals surface area contributed by atoms with Crippen molar-refractivity contribution in [2.45, 2.75) is 31.7 Å². The number of nitrogens with one attached hydrogen (secondary N) is 4. The van der Waals surface area contributed by atoms with E-state index in [4.69, 9.17) is 0 Å². The molecule has 5 amide bonds. The van der Waals surface area contributed by atoms with Crippen molar-refractivity contribution in [2.75, 3.05) is 31.5 Å². The molecule has 1 unspecified atom stereocenters. The fourth-order valence-electron chi connectivity index (χ4n) is 4.21. The van der Waals surface area contributed by atoms with Gasteiger partial charge in [-0.3, -0.25) is 34.2 Å². The van der Waals surface area contributed by atoms with Crippen molar-refractivity contribution in [3.8, 4) is 0 Å². The molecule has 164 valence electrons. The molecule has 4 rings (SSSR count). The maximum atomic E-state index is 12.8. The number of anilines is 1. The van der Waals surface area contributed by atoms with Gasteiger partial charge >= 0.3 is 0 Å². The van der Waals surface area contributed by atoms with Crippen molar-refractivity contribution in [3.05, 3.63) is 29.3 Å². The number of benzene rings is 1. The van der Waals surface area contributed by atoms with E-state index in [1.54, 1.807) is 18.2 Å². The molecule has 1 aromatic carbocycles. The minimum absolute atomic E-state index is 0.0186. The smallest absolute Gasteiger partial charge is 0.262 e. The molecule has 0 aromatic heterocycles. The van der Waals surface area contributed by atoms with E-state index in [1.807, 2.05) is 0 Å². The monoisotopic (exact) mass is 427 g/mol. The number of piperidine rings is 1. The summed E-state index contributed by atoms with van der Waals surface area (Å²) in [5.41, 5.74) is 1.09. The van der Waals surface area contributed by atoms with Crippen LogP contribution in [0.3, 0.4) is 0 Å². The number of imide groups is 2. The maximum Gasteiger partial charge on any atom is 0.262 e. The van der Waals surface area contributed by atoms with E-state index in [2.05, 4.69) is 21.3 Å². The molecule has 10 heteroatoms. The summed E-state index contributed by atoms with van der Waals surface area (Å²) in [6.45, 7) is 2.74. The second kappa shape index (κ2) is 8.84. The lowest BCUT2D eigenvalue weighted by Gasteiger charge is -2.27. The summed E-state index contributed by atoms with van der Waals surface area (Å²) in [4.78, 5) is 61.9. The summed E-state index contributed by atoms with van der Waals surface area (Å²) in [6.07, 6.45) is 1.74. The topological polar surface area (TPSA) is 137 Å². The molecule has 4 N–H and O–H groups in total. The van der Waals surface area contributed by atoms with E-state index in [0.29, 0.717) is 31.1 Å². The summed E-state index contributed by atoms with van der Waals surface area (Å²) >= 11 is 0. The van der Waals surface area contributed by atoms with Crippen LogP contribution in [0.2, 0.25) is 0 Å². The van der Waals surface area contributed by atoms with Crippen LogP contribution < -0.4 is 21.3 Å². The number of hydrogen-bond acceptors (Lipinski definition) is 7. The van der Waals surface area contributed by atoms with Crippen molar-refractivity contribution >= 4 is 35.2 Å². The number of rotatable bonds is 7. The van der Waals surface area contributed by atoms with Crippen LogP contribution in [-0.4, -0.2) is 66.7 Å². The van der Waals surface area contributed by atoms with Crippen molar-refractivity contribution < 1.29 is 24.0 Å². The number of nitrogens with zero attached hydrogens (tertiary/aromatic N) is 1. The van der Waals surface area contributed by atoms with Gasteiger partial charge in [-0.2, -0.15) is 0 Å². The molecule has 0 aliphatic carbocycles. The molecular weight excluding hydrogens is 402 g/mol. The molecule has 0 radical (unpaired) electrons. The molecule has 3 heterocycles. The first kappa shape index (κ1) is 21.0. The Morgan fingerprint density at radius 2 is 1.87 bits per heavy atom. The normalized spacial score (nSPS) is 23.0. The molecule has 0 bridgehead atoms. The second-order valence-corrected chi connectivity index (χ2v) is 8.05. The van der Waals surface area contributed by atoms with Gasteiger partial charge < -0.3 is 16.0 Å². The van der Waals surface area contributed by atoms with Crippen molar-refractivity contribution in [3.63, 3.8) is 0 Å². The van der Waals surface area contributed by atoms with Crippen LogP contribution in [0.4, 0.5) is 5.69 Å². The zero-order chi connectivity index (χ0) is 22.0. The summed E-state index contributed by atoms with van der Waals surface area (Å²) in [5, 5.41) is 11.4. The average molecular weight is 427 g/mol. The van der Waals surface area contributed by atoms with Crippen molar-refractivity contribution in [1.29, 1.82) is 0 Å². The molecule has 2 atom stereocenters. The molecule has 2 fully saturated rings. The van der Waals surface area contributed by atoms with Gasteiger partial charge in [-0.1, -0.05) is 0 Å². The first-order chi connectivity index (χ1) is 14.9. The van der Waals surface area contributed by atoms with Crippen LogP contribution in [0.25, 0.3) is 0 Å². The lowest BCUT2D eigenvalue weighted by molar-refractivity contribution is -0.136. The molecule has 31 heavy (non-hydrogen) atoms. The van der Waals surface area contributed by atoms with Crippen LogP contribution in [-0.2, 0) is 14.4 Å². The highest BCUT2D eigenvalue weighted by Gasteiger charge is 2.44. The van der Waals surface area contributed by atoms with E-state index < -0.39 is 29.7 Å². The standard InChI is InChI=1S/C21H25N5O5/c27-17-4-3-16(19(29)25-17)26-20(30)14-2-1-13(10-15(14)21(26)31)23-7-8-24-18(28)9-12-5-6-22-11-12/h1-2,10,12,16,22-23H,3-9,11H2,(H,24,28)(H,25,27,29)/t12-,16?/m0/s1. The number of amides is 5.